The second kappa shape index (κ2) is 7.95. The van der Waals surface area contributed by atoms with Crippen LogP contribution in [0.3, 0.4) is 0 Å². The van der Waals surface area contributed by atoms with Crippen LogP contribution in [0.5, 0.6) is 0 Å². The van der Waals surface area contributed by atoms with E-state index >= 15 is 0 Å². The second-order valence-corrected chi connectivity index (χ2v) is 7.56. The number of carbonyl (C=O) groups excluding carboxylic acids is 1. The van der Waals surface area contributed by atoms with E-state index in [1.807, 2.05) is 18.9 Å². The van der Waals surface area contributed by atoms with Gasteiger partial charge in [-0.1, -0.05) is 12.8 Å². The van der Waals surface area contributed by atoms with Gasteiger partial charge in [-0.05, 0) is 40.5 Å². The molecule has 0 bridgehead atoms. The SMILES string of the molecule is CC(C)N(C)C(=O)[C@H](C)N[C@@H](C)C1(N2CCOCC2)CCCC1. The van der Waals surface area contributed by atoms with Gasteiger partial charge in [0.05, 0.1) is 19.3 Å². The van der Waals surface area contributed by atoms with Crippen LogP contribution in [-0.4, -0.2) is 72.7 Å². The van der Waals surface area contributed by atoms with Crippen LogP contribution in [0.15, 0.2) is 0 Å². The normalized spacial score (nSPS) is 24.6. The Morgan fingerprint density at radius 3 is 2.22 bits per heavy atom. The molecule has 134 valence electrons. The summed E-state index contributed by atoms with van der Waals surface area (Å²) in [5.41, 5.74) is 0.189. The van der Waals surface area contributed by atoms with Crippen molar-refractivity contribution in [3.63, 3.8) is 0 Å². The first kappa shape index (κ1) is 18.7. The second-order valence-electron chi connectivity index (χ2n) is 7.56. The highest BCUT2D eigenvalue weighted by Crippen LogP contribution is 2.38. The van der Waals surface area contributed by atoms with Crippen molar-refractivity contribution in [2.24, 2.45) is 0 Å². The molecule has 0 aromatic heterocycles. The summed E-state index contributed by atoms with van der Waals surface area (Å²) in [6.45, 7) is 12.1. The largest absolute Gasteiger partial charge is 0.379 e. The predicted octanol–water partition coefficient (Wildman–Crippen LogP) is 1.86. The first-order valence-corrected chi connectivity index (χ1v) is 9.24. The zero-order valence-corrected chi connectivity index (χ0v) is 15.6. The lowest BCUT2D eigenvalue weighted by Gasteiger charge is -2.48. The molecule has 0 spiro atoms. The van der Waals surface area contributed by atoms with Gasteiger partial charge in [0, 0.05) is 37.8 Å². The number of likely N-dealkylation sites (N-methyl/N-ethyl adjacent to an activating group) is 1. The van der Waals surface area contributed by atoms with E-state index in [1.54, 1.807) is 0 Å². The molecule has 1 aliphatic heterocycles. The standard InChI is InChI=1S/C18H35N3O2/c1-14(2)20(5)17(22)15(3)19-16(4)18(8-6-7-9-18)21-10-12-23-13-11-21/h14-16,19H,6-13H2,1-5H3/t15-,16-/m0/s1. The Bertz CT molecular complexity index is 388. The van der Waals surface area contributed by atoms with Gasteiger partial charge in [0.1, 0.15) is 0 Å². The molecule has 1 N–H and O–H groups in total. The van der Waals surface area contributed by atoms with Crippen molar-refractivity contribution in [1.82, 2.24) is 15.1 Å². The molecule has 1 aliphatic carbocycles. The minimum Gasteiger partial charge on any atom is -0.379 e. The molecular weight excluding hydrogens is 290 g/mol. The number of nitrogens with zero attached hydrogens (tertiary/aromatic N) is 2. The van der Waals surface area contributed by atoms with E-state index in [2.05, 4.69) is 31.0 Å². The van der Waals surface area contributed by atoms with Crippen molar-refractivity contribution in [3.8, 4) is 0 Å². The Morgan fingerprint density at radius 2 is 1.70 bits per heavy atom. The summed E-state index contributed by atoms with van der Waals surface area (Å²) in [7, 11) is 1.89. The van der Waals surface area contributed by atoms with E-state index in [1.165, 1.54) is 25.7 Å². The maximum Gasteiger partial charge on any atom is 0.239 e. The molecule has 0 unspecified atom stereocenters. The van der Waals surface area contributed by atoms with Crippen molar-refractivity contribution in [1.29, 1.82) is 0 Å². The molecule has 2 rings (SSSR count). The van der Waals surface area contributed by atoms with Crippen LogP contribution in [-0.2, 0) is 9.53 Å². The molecule has 1 heterocycles. The van der Waals surface area contributed by atoms with Gasteiger partial charge < -0.3 is 15.0 Å². The van der Waals surface area contributed by atoms with Crippen molar-refractivity contribution in [2.45, 2.75) is 77.0 Å². The number of ether oxygens (including phenoxy) is 1. The number of rotatable bonds is 6. The Kier molecular flexibility index (Phi) is 6.46. The average molecular weight is 325 g/mol. The number of nitrogens with one attached hydrogen (secondary N) is 1. The highest BCUT2D eigenvalue weighted by atomic mass is 16.5. The molecule has 2 fully saturated rings. The molecule has 0 aromatic rings. The van der Waals surface area contributed by atoms with Crippen molar-refractivity contribution in [2.75, 3.05) is 33.4 Å². The molecule has 0 aromatic carbocycles. The highest BCUT2D eigenvalue weighted by Gasteiger charge is 2.45. The summed E-state index contributed by atoms with van der Waals surface area (Å²) in [5.74, 6) is 0.182. The number of morpholine rings is 1. The molecule has 2 atom stereocenters. The van der Waals surface area contributed by atoms with E-state index < -0.39 is 0 Å². The van der Waals surface area contributed by atoms with Crippen molar-refractivity contribution in [3.05, 3.63) is 0 Å². The van der Waals surface area contributed by atoms with Gasteiger partial charge in [-0.15, -0.1) is 0 Å². The summed E-state index contributed by atoms with van der Waals surface area (Å²) in [6.07, 6.45) is 5.03. The minimum absolute atomic E-state index is 0.143. The fourth-order valence-electron chi connectivity index (χ4n) is 4.18. The monoisotopic (exact) mass is 325 g/mol. The zero-order valence-electron chi connectivity index (χ0n) is 15.6. The van der Waals surface area contributed by atoms with Gasteiger partial charge in [0.2, 0.25) is 5.91 Å². The van der Waals surface area contributed by atoms with E-state index in [9.17, 15) is 4.79 Å². The fraction of sp³-hybridized carbons (Fsp3) is 0.944. The summed E-state index contributed by atoms with van der Waals surface area (Å²) < 4.78 is 5.54. The van der Waals surface area contributed by atoms with Gasteiger partial charge in [-0.25, -0.2) is 0 Å². The molecular formula is C18H35N3O2. The third-order valence-corrected chi connectivity index (χ3v) is 5.91. The van der Waals surface area contributed by atoms with Crippen LogP contribution in [0.25, 0.3) is 0 Å². The van der Waals surface area contributed by atoms with Gasteiger partial charge in [-0.2, -0.15) is 0 Å². The molecule has 5 nitrogen and oxygen atoms in total. The number of hydrogen-bond acceptors (Lipinski definition) is 4. The number of hydrogen-bond donors (Lipinski definition) is 1. The smallest absolute Gasteiger partial charge is 0.239 e. The van der Waals surface area contributed by atoms with Crippen LogP contribution < -0.4 is 5.32 Å². The molecule has 1 amide bonds. The molecule has 1 saturated heterocycles. The van der Waals surface area contributed by atoms with Gasteiger partial charge in [0.25, 0.3) is 0 Å². The van der Waals surface area contributed by atoms with Gasteiger partial charge in [-0.3, -0.25) is 9.69 Å². The summed E-state index contributed by atoms with van der Waals surface area (Å²) in [5, 5.41) is 3.62. The Labute approximate surface area is 141 Å². The van der Waals surface area contributed by atoms with Crippen LogP contribution in [0.2, 0.25) is 0 Å². The van der Waals surface area contributed by atoms with E-state index in [0.717, 1.165) is 26.3 Å². The van der Waals surface area contributed by atoms with Crippen LogP contribution in [0, 0.1) is 0 Å². The third kappa shape index (κ3) is 4.06. The molecule has 1 saturated carbocycles. The Morgan fingerprint density at radius 1 is 1.13 bits per heavy atom. The molecule has 2 aliphatic rings. The van der Waals surface area contributed by atoms with Crippen LogP contribution >= 0.6 is 0 Å². The third-order valence-electron chi connectivity index (χ3n) is 5.91. The maximum atomic E-state index is 12.5. The number of carbonyl (C=O) groups is 1. The van der Waals surface area contributed by atoms with E-state index in [0.29, 0.717) is 6.04 Å². The molecule has 5 heteroatoms. The lowest BCUT2D eigenvalue weighted by atomic mass is 9.86. The van der Waals surface area contributed by atoms with Crippen LogP contribution in [0.1, 0.15) is 53.4 Å². The fourth-order valence-corrected chi connectivity index (χ4v) is 4.18. The minimum atomic E-state index is -0.143. The predicted molar refractivity (Wildman–Crippen MR) is 93.6 cm³/mol. The molecule has 0 radical (unpaired) electrons. The molecule has 23 heavy (non-hydrogen) atoms. The van der Waals surface area contributed by atoms with Crippen molar-refractivity contribution >= 4 is 5.91 Å². The summed E-state index contributed by atoms with van der Waals surface area (Å²) in [4.78, 5) is 17.0. The van der Waals surface area contributed by atoms with Gasteiger partial charge >= 0.3 is 0 Å². The summed E-state index contributed by atoms with van der Waals surface area (Å²) >= 11 is 0. The Hall–Kier alpha value is -0.650. The van der Waals surface area contributed by atoms with Crippen LogP contribution in [0.4, 0.5) is 0 Å². The van der Waals surface area contributed by atoms with E-state index in [-0.39, 0.29) is 23.5 Å². The van der Waals surface area contributed by atoms with Gasteiger partial charge in [0.15, 0.2) is 0 Å². The zero-order chi connectivity index (χ0) is 17.0. The first-order valence-electron chi connectivity index (χ1n) is 9.24. The number of amides is 1. The summed E-state index contributed by atoms with van der Waals surface area (Å²) in [6, 6.07) is 0.403. The quantitative estimate of drug-likeness (QED) is 0.810. The topological polar surface area (TPSA) is 44.8 Å². The maximum absolute atomic E-state index is 12.5. The van der Waals surface area contributed by atoms with E-state index in [4.69, 9.17) is 4.74 Å². The Balaban J connectivity index is 2.03. The first-order chi connectivity index (χ1) is 10.9. The lowest BCUT2D eigenvalue weighted by Crippen LogP contribution is -2.63. The average Bonchev–Trinajstić information content (AvgIpc) is 3.05. The van der Waals surface area contributed by atoms with Crippen molar-refractivity contribution < 1.29 is 9.53 Å². The lowest BCUT2D eigenvalue weighted by molar-refractivity contribution is -0.133. The highest BCUT2D eigenvalue weighted by molar-refractivity contribution is 5.81.